The summed E-state index contributed by atoms with van der Waals surface area (Å²) in [5.74, 6) is 1.80. The largest absolute Gasteiger partial charge is 0.326 e. The molecule has 0 bridgehead atoms. The molecule has 0 fully saturated rings. The smallest absolute Gasteiger partial charge is 0.242 e. The molecule has 1 rings (SSSR count). The molecule has 0 saturated carbocycles. The van der Waals surface area contributed by atoms with Gasteiger partial charge in [-0.3, -0.25) is 9.59 Å². The van der Waals surface area contributed by atoms with Crippen molar-refractivity contribution in [1.29, 1.82) is 0 Å². The van der Waals surface area contributed by atoms with Crippen LogP contribution >= 0.6 is 0 Å². The Morgan fingerprint density at radius 2 is 2.00 bits per heavy atom. The molecule has 0 aliphatic heterocycles. The van der Waals surface area contributed by atoms with Gasteiger partial charge in [0.05, 0.1) is 6.04 Å². The molecule has 0 radical (unpaired) electrons. The van der Waals surface area contributed by atoms with Crippen molar-refractivity contribution >= 4 is 23.2 Å². The van der Waals surface area contributed by atoms with E-state index in [1.807, 2.05) is 0 Å². The van der Waals surface area contributed by atoms with E-state index in [2.05, 4.69) is 16.6 Å². The number of rotatable bonds is 4. The predicted molar refractivity (Wildman–Crippen MR) is 70.8 cm³/mol. The first-order valence-corrected chi connectivity index (χ1v) is 5.40. The summed E-state index contributed by atoms with van der Waals surface area (Å²) in [5, 5.41) is 5.25. The van der Waals surface area contributed by atoms with Gasteiger partial charge in [-0.05, 0) is 18.2 Å². The van der Waals surface area contributed by atoms with Crippen LogP contribution in [0.15, 0.2) is 24.3 Å². The Morgan fingerprint density at radius 1 is 1.39 bits per heavy atom. The number of carbonyl (C=O) groups excluding carboxylic acids is 2. The number of hydrogen-bond donors (Lipinski definition) is 3. The van der Waals surface area contributed by atoms with Crippen molar-refractivity contribution in [2.45, 2.75) is 19.4 Å². The minimum atomic E-state index is -0.737. The van der Waals surface area contributed by atoms with Gasteiger partial charge in [0.1, 0.15) is 0 Å². The van der Waals surface area contributed by atoms with E-state index < -0.39 is 6.04 Å². The number of nitrogens with one attached hydrogen (secondary N) is 2. The maximum atomic E-state index is 11.6. The van der Waals surface area contributed by atoms with Crippen LogP contribution in [-0.4, -0.2) is 17.9 Å². The molecule has 0 aromatic heterocycles. The molecule has 1 atom stereocenters. The molecule has 1 unspecified atom stereocenters. The Hall–Kier alpha value is -2.32. The van der Waals surface area contributed by atoms with Gasteiger partial charge in [-0.25, -0.2) is 0 Å². The fourth-order valence-corrected chi connectivity index (χ4v) is 1.33. The van der Waals surface area contributed by atoms with E-state index in [1.54, 1.807) is 24.3 Å². The van der Waals surface area contributed by atoms with E-state index in [-0.39, 0.29) is 18.2 Å². The summed E-state index contributed by atoms with van der Waals surface area (Å²) in [5.41, 5.74) is 6.73. The molecule has 0 aliphatic carbocycles. The molecule has 0 spiro atoms. The molecule has 0 heterocycles. The zero-order chi connectivity index (χ0) is 13.5. The Bertz CT molecular complexity index is 491. The minimum Gasteiger partial charge on any atom is -0.326 e. The Kier molecular flexibility index (Phi) is 4.90. The summed E-state index contributed by atoms with van der Waals surface area (Å²) in [7, 11) is 0. The minimum absolute atomic E-state index is 0.178. The summed E-state index contributed by atoms with van der Waals surface area (Å²) in [4.78, 5) is 22.5. The molecule has 0 saturated heterocycles. The lowest BCUT2D eigenvalue weighted by molar-refractivity contribution is -0.117. The second-order valence-corrected chi connectivity index (χ2v) is 3.77. The van der Waals surface area contributed by atoms with Crippen LogP contribution in [0.25, 0.3) is 0 Å². The highest BCUT2D eigenvalue weighted by Gasteiger charge is 2.12. The van der Waals surface area contributed by atoms with Crippen molar-refractivity contribution < 1.29 is 9.59 Å². The van der Waals surface area contributed by atoms with Crippen LogP contribution in [0.4, 0.5) is 11.4 Å². The maximum absolute atomic E-state index is 11.6. The summed E-state index contributed by atoms with van der Waals surface area (Å²) in [6, 6.07) is 6.04. The van der Waals surface area contributed by atoms with Crippen LogP contribution in [0.2, 0.25) is 0 Å². The molecule has 18 heavy (non-hydrogen) atoms. The number of terminal acetylenes is 1. The molecular formula is C13H15N3O2. The molecular weight excluding hydrogens is 230 g/mol. The van der Waals surface area contributed by atoms with E-state index in [4.69, 9.17) is 12.2 Å². The predicted octanol–water partition coefficient (Wildman–Crippen LogP) is 0.934. The zero-order valence-electron chi connectivity index (χ0n) is 10.1. The van der Waals surface area contributed by atoms with Crippen molar-refractivity contribution in [3.63, 3.8) is 0 Å². The zero-order valence-corrected chi connectivity index (χ0v) is 10.1. The van der Waals surface area contributed by atoms with Crippen molar-refractivity contribution in [2.24, 2.45) is 5.73 Å². The topological polar surface area (TPSA) is 84.2 Å². The van der Waals surface area contributed by atoms with Crippen LogP contribution < -0.4 is 16.4 Å². The Labute approximate surface area is 106 Å². The SMILES string of the molecule is C#CCC(N)C(=O)Nc1cccc(NC(C)=O)c1. The first-order chi connectivity index (χ1) is 8.52. The van der Waals surface area contributed by atoms with Crippen LogP contribution in [0.1, 0.15) is 13.3 Å². The molecule has 94 valence electrons. The molecule has 1 aromatic carbocycles. The third-order valence-corrected chi connectivity index (χ3v) is 2.13. The molecule has 5 nitrogen and oxygen atoms in total. The fraction of sp³-hybridized carbons (Fsp3) is 0.231. The van der Waals surface area contributed by atoms with Gasteiger partial charge in [0, 0.05) is 24.7 Å². The van der Waals surface area contributed by atoms with Crippen LogP contribution in [0.3, 0.4) is 0 Å². The number of nitrogens with two attached hydrogens (primary N) is 1. The van der Waals surface area contributed by atoms with Gasteiger partial charge in [0.25, 0.3) is 0 Å². The van der Waals surface area contributed by atoms with Crippen molar-refractivity contribution in [1.82, 2.24) is 0 Å². The third-order valence-electron chi connectivity index (χ3n) is 2.13. The maximum Gasteiger partial charge on any atom is 0.242 e. The quantitative estimate of drug-likeness (QED) is 0.690. The van der Waals surface area contributed by atoms with Crippen LogP contribution in [-0.2, 0) is 9.59 Å². The van der Waals surface area contributed by atoms with Gasteiger partial charge in [-0.1, -0.05) is 6.07 Å². The van der Waals surface area contributed by atoms with Gasteiger partial charge in [-0.15, -0.1) is 12.3 Å². The van der Waals surface area contributed by atoms with Crippen molar-refractivity contribution in [2.75, 3.05) is 10.6 Å². The Balaban J connectivity index is 2.70. The van der Waals surface area contributed by atoms with Crippen LogP contribution in [0.5, 0.6) is 0 Å². The van der Waals surface area contributed by atoms with Gasteiger partial charge < -0.3 is 16.4 Å². The van der Waals surface area contributed by atoms with Gasteiger partial charge >= 0.3 is 0 Å². The molecule has 1 aromatic rings. The Morgan fingerprint density at radius 3 is 2.56 bits per heavy atom. The van der Waals surface area contributed by atoms with E-state index in [0.717, 1.165) is 0 Å². The fourth-order valence-electron chi connectivity index (χ4n) is 1.33. The highest BCUT2D eigenvalue weighted by atomic mass is 16.2. The molecule has 4 N–H and O–H groups in total. The summed E-state index contributed by atoms with van der Waals surface area (Å²) in [6.07, 6.45) is 5.26. The number of anilines is 2. The van der Waals surface area contributed by atoms with Crippen LogP contribution in [0, 0.1) is 12.3 Å². The number of amides is 2. The van der Waals surface area contributed by atoms with Gasteiger partial charge in [-0.2, -0.15) is 0 Å². The number of carbonyl (C=O) groups is 2. The molecule has 2 amide bonds. The number of benzene rings is 1. The second kappa shape index (κ2) is 6.42. The monoisotopic (exact) mass is 245 g/mol. The lowest BCUT2D eigenvalue weighted by atomic mass is 10.2. The second-order valence-electron chi connectivity index (χ2n) is 3.77. The summed E-state index contributed by atoms with van der Waals surface area (Å²) >= 11 is 0. The highest BCUT2D eigenvalue weighted by molar-refractivity contribution is 5.96. The van der Waals surface area contributed by atoms with Crippen molar-refractivity contribution in [3.8, 4) is 12.3 Å². The summed E-state index contributed by atoms with van der Waals surface area (Å²) < 4.78 is 0. The standard InChI is InChI=1S/C13H15N3O2/c1-3-5-12(14)13(18)16-11-7-4-6-10(8-11)15-9(2)17/h1,4,6-8,12H,5,14H2,2H3,(H,15,17)(H,16,18). The van der Waals surface area contributed by atoms with Crippen molar-refractivity contribution in [3.05, 3.63) is 24.3 Å². The lowest BCUT2D eigenvalue weighted by Crippen LogP contribution is -2.35. The first-order valence-electron chi connectivity index (χ1n) is 5.40. The summed E-state index contributed by atoms with van der Waals surface area (Å²) in [6.45, 7) is 1.41. The normalized spacial score (nSPS) is 11.2. The van der Waals surface area contributed by atoms with Gasteiger partial charge in [0.2, 0.25) is 11.8 Å². The molecule has 0 aliphatic rings. The van der Waals surface area contributed by atoms with E-state index >= 15 is 0 Å². The molecule has 5 heteroatoms. The average molecular weight is 245 g/mol. The average Bonchev–Trinajstić information content (AvgIpc) is 2.28. The van der Waals surface area contributed by atoms with E-state index in [0.29, 0.717) is 11.4 Å². The van der Waals surface area contributed by atoms with Gasteiger partial charge in [0.15, 0.2) is 0 Å². The van der Waals surface area contributed by atoms with E-state index in [1.165, 1.54) is 6.92 Å². The highest BCUT2D eigenvalue weighted by Crippen LogP contribution is 2.15. The first kappa shape index (κ1) is 13.7. The number of hydrogen-bond acceptors (Lipinski definition) is 3. The third kappa shape index (κ3) is 4.28. The lowest BCUT2D eigenvalue weighted by Gasteiger charge is -2.10. The van der Waals surface area contributed by atoms with E-state index in [9.17, 15) is 9.59 Å².